The van der Waals surface area contributed by atoms with Crippen LogP contribution in [0, 0.1) is 6.92 Å². The lowest BCUT2D eigenvalue weighted by atomic mass is 9.93. The second-order valence-electron chi connectivity index (χ2n) is 8.62. The number of nitrogens with zero attached hydrogens (tertiary/aromatic N) is 3. The van der Waals surface area contributed by atoms with Gasteiger partial charge in [0, 0.05) is 17.0 Å². The Morgan fingerprint density at radius 1 is 0.970 bits per heavy atom. The molecule has 4 nitrogen and oxygen atoms in total. The molecule has 0 N–H and O–H groups in total. The number of oxazole rings is 1. The molecule has 0 saturated heterocycles. The van der Waals surface area contributed by atoms with E-state index in [1.54, 1.807) is 37.3 Å². The van der Waals surface area contributed by atoms with Gasteiger partial charge in [0.2, 0.25) is 5.89 Å². The smallest absolute Gasteiger partial charge is 0.433 e. The molecule has 33 heavy (non-hydrogen) atoms. The number of aryl methyl sites for hydroxylation is 1. The highest BCUT2D eigenvalue weighted by atomic mass is 19.4. The van der Waals surface area contributed by atoms with Gasteiger partial charge >= 0.3 is 6.18 Å². The number of aromatic nitrogens is 3. The Bertz CT molecular complexity index is 1220. The van der Waals surface area contributed by atoms with Gasteiger partial charge in [0.05, 0.1) is 17.6 Å². The molecule has 172 valence electrons. The molecule has 0 fully saturated rings. The van der Waals surface area contributed by atoms with Gasteiger partial charge in [-0.25, -0.2) is 9.67 Å². The van der Waals surface area contributed by atoms with Crippen LogP contribution in [0.4, 0.5) is 13.2 Å². The van der Waals surface area contributed by atoms with Crippen LogP contribution in [-0.2, 0) is 12.6 Å². The molecule has 1 unspecified atom stereocenters. The molecule has 0 aliphatic rings. The van der Waals surface area contributed by atoms with E-state index in [0.29, 0.717) is 18.0 Å². The molecule has 1 atom stereocenters. The van der Waals surface area contributed by atoms with Crippen LogP contribution in [0.25, 0.3) is 17.1 Å². The van der Waals surface area contributed by atoms with Gasteiger partial charge in [0.1, 0.15) is 5.76 Å². The SMILES string of the molecule is Cc1nc(-c2ccc(CC(C)c3cnn(-c4ccccc4)c3C(F)(F)F)cc2)oc1C(C)C. The minimum absolute atomic E-state index is 0.181. The van der Waals surface area contributed by atoms with Crippen LogP contribution in [0.15, 0.2) is 65.2 Å². The summed E-state index contributed by atoms with van der Waals surface area (Å²) in [5.74, 6) is 1.28. The van der Waals surface area contributed by atoms with Crippen LogP contribution in [0.1, 0.15) is 60.9 Å². The number of hydrogen-bond donors (Lipinski definition) is 0. The molecule has 0 aliphatic heterocycles. The Morgan fingerprint density at radius 2 is 1.64 bits per heavy atom. The minimum atomic E-state index is -4.52. The Balaban J connectivity index is 1.58. The van der Waals surface area contributed by atoms with Crippen LogP contribution >= 0.6 is 0 Å². The molecule has 0 radical (unpaired) electrons. The van der Waals surface area contributed by atoms with E-state index in [0.717, 1.165) is 27.3 Å². The van der Waals surface area contributed by atoms with Gasteiger partial charge in [-0.05, 0) is 49.1 Å². The van der Waals surface area contributed by atoms with Gasteiger partial charge in [-0.2, -0.15) is 18.3 Å². The topological polar surface area (TPSA) is 43.9 Å². The molecule has 7 heteroatoms. The average Bonchev–Trinajstić information content (AvgIpc) is 3.39. The summed E-state index contributed by atoms with van der Waals surface area (Å²) in [5, 5.41) is 4.07. The van der Waals surface area contributed by atoms with Crippen LogP contribution in [0.2, 0.25) is 0 Å². The maximum Gasteiger partial charge on any atom is 0.433 e. The minimum Gasteiger partial charge on any atom is -0.441 e. The molecule has 0 amide bonds. The molecule has 2 aromatic carbocycles. The van der Waals surface area contributed by atoms with Crippen molar-refractivity contribution in [2.75, 3.05) is 0 Å². The van der Waals surface area contributed by atoms with Gasteiger partial charge in [-0.3, -0.25) is 0 Å². The summed E-state index contributed by atoms with van der Waals surface area (Å²) in [6.07, 6.45) is -2.74. The maximum atomic E-state index is 14.0. The van der Waals surface area contributed by atoms with Crippen molar-refractivity contribution < 1.29 is 17.6 Å². The number of halogens is 3. The third-order valence-electron chi connectivity index (χ3n) is 5.70. The zero-order valence-electron chi connectivity index (χ0n) is 19.0. The highest BCUT2D eigenvalue weighted by molar-refractivity contribution is 5.54. The summed E-state index contributed by atoms with van der Waals surface area (Å²) in [4.78, 5) is 4.51. The van der Waals surface area contributed by atoms with Gasteiger partial charge in [-0.1, -0.05) is 51.1 Å². The Labute approximate surface area is 191 Å². The lowest BCUT2D eigenvalue weighted by Crippen LogP contribution is -2.17. The molecule has 0 spiro atoms. The number of benzene rings is 2. The fraction of sp³-hybridized carbons (Fsp3) is 0.308. The molecule has 0 saturated carbocycles. The van der Waals surface area contributed by atoms with Gasteiger partial charge in [-0.15, -0.1) is 0 Å². The second-order valence-corrected chi connectivity index (χ2v) is 8.62. The van der Waals surface area contributed by atoms with Gasteiger partial charge < -0.3 is 4.42 Å². The van der Waals surface area contributed by atoms with Crippen molar-refractivity contribution in [2.24, 2.45) is 0 Å². The number of para-hydroxylation sites is 1. The Kier molecular flexibility index (Phi) is 6.15. The van der Waals surface area contributed by atoms with Crippen LogP contribution in [-0.4, -0.2) is 14.8 Å². The van der Waals surface area contributed by atoms with Crippen molar-refractivity contribution in [1.82, 2.24) is 14.8 Å². The largest absolute Gasteiger partial charge is 0.441 e. The predicted octanol–water partition coefficient (Wildman–Crippen LogP) is 7.32. The van der Waals surface area contributed by atoms with E-state index in [1.165, 1.54) is 6.20 Å². The zero-order chi connectivity index (χ0) is 23.8. The third-order valence-corrected chi connectivity index (χ3v) is 5.70. The van der Waals surface area contributed by atoms with Crippen molar-refractivity contribution >= 4 is 0 Å². The highest BCUT2D eigenvalue weighted by Crippen LogP contribution is 2.37. The fourth-order valence-corrected chi connectivity index (χ4v) is 4.08. The monoisotopic (exact) mass is 453 g/mol. The first-order chi connectivity index (χ1) is 15.6. The average molecular weight is 454 g/mol. The van der Waals surface area contributed by atoms with Crippen LogP contribution < -0.4 is 0 Å². The molecule has 4 rings (SSSR count). The van der Waals surface area contributed by atoms with Crippen molar-refractivity contribution in [3.63, 3.8) is 0 Å². The van der Waals surface area contributed by atoms with E-state index in [2.05, 4.69) is 23.9 Å². The summed E-state index contributed by atoms with van der Waals surface area (Å²) in [6.45, 7) is 7.82. The first kappa shape index (κ1) is 22.8. The van der Waals surface area contributed by atoms with E-state index >= 15 is 0 Å². The van der Waals surface area contributed by atoms with E-state index in [-0.39, 0.29) is 17.4 Å². The number of hydrogen-bond acceptors (Lipinski definition) is 3. The predicted molar refractivity (Wildman–Crippen MR) is 121 cm³/mol. The van der Waals surface area contributed by atoms with Gasteiger partial charge in [0.15, 0.2) is 5.69 Å². The lowest BCUT2D eigenvalue weighted by Gasteiger charge is -2.16. The summed E-state index contributed by atoms with van der Waals surface area (Å²) < 4.78 is 48.8. The lowest BCUT2D eigenvalue weighted by molar-refractivity contribution is -0.143. The highest BCUT2D eigenvalue weighted by Gasteiger charge is 2.39. The molecular weight excluding hydrogens is 427 g/mol. The van der Waals surface area contributed by atoms with E-state index < -0.39 is 11.9 Å². The van der Waals surface area contributed by atoms with E-state index in [4.69, 9.17) is 4.42 Å². The maximum absolute atomic E-state index is 14.0. The van der Waals surface area contributed by atoms with E-state index in [9.17, 15) is 13.2 Å². The van der Waals surface area contributed by atoms with Crippen molar-refractivity contribution in [1.29, 1.82) is 0 Å². The Morgan fingerprint density at radius 3 is 2.21 bits per heavy atom. The summed E-state index contributed by atoms with van der Waals surface area (Å²) >= 11 is 0. The molecular formula is C26H26F3N3O. The standard InChI is InChI=1S/C26H26F3N3O/c1-16(2)23-18(4)31-25(33-23)20-12-10-19(11-13-20)14-17(3)22-15-30-32(24(22)26(27,28)29)21-8-6-5-7-9-21/h5-13,15-17H,14H2,1-4H3. The molecule has 2 aromatic heterocycles. The van der Waals surface area contributed by atoms with Crippen LogP contribution in [0.3, 0.4) is 0 Å². The summed E-state index contributed by atoms with van der Waals surface area (Å²) in [6, 6.07) is 16.0. The molecule has 4 aromatic rings. The zero-order valence-corrected chi connectivity index (χ0v) is 19.0. The van der Waals surface area contributed by atoms with Crippen molar-refractivity contribution in [3.05, 3.63) is 89.1 Å². The summed E-state index contributed by atoms with van der Waals surface area (Å²) in [7, 11) is 0. The first-order valence-electron chi connectivity index (χ1n) is 10.9. The van der Waals surface area contributed by atoms with E-state index in [1.807, 2.05) is 31.2 Å². The quantitative estimate of drug-likeness (QED) is 0.307. The number of rotatable bonds is 6. The normalized spacial score (nSPS) is 13.0. The third kappa shape index (κ3) is 4.72. The van der Waals surface area contributed by atoms with Crippen molar-refractivity contribution in [3.8, 4) is 17.1 Å². The fourth-order valence-electron chi connectivity index (χ4n) is 4.08. The molecule has 2 heterocycles. The Hall–Kier alpha value is -3.35. The summed E-state index contributed by atoms with van der Waals surface area (Å²) in [5.41, 5.74) is 2.48. The number of alkyl halides is 3. The van der Waals surface area contributed by atoms with Gasteiger partial charge in [0.25, 0.3) is 0 Å². The van der Waals surface area contributed by atoms with Crippen LogP contribution in [0.5, 0.6) is 0 Å². The molecule has 0 bridgehead atoms. The second kappa shape index (κ2) is 8.89. The molecule has 0 aliphatic carbocycles. The van der Waals surface area contributed by atoms with Crippen molar-refractivity contribution in [2.45, 2.75) is 52.1 Å². The first-order valence-corrected chi connectivity index (χ1v) is 10.9.